The van der Waals surface area contributed by atoms with Crippen LogP contribution in [0.5, 0.6) is 0 Å². The average molecular weight is 338 g/mol. The molecule has 2 aliphatic rings. The van der Waals surface area contributed by atoms with Gasteiger partial charge in [0.15, 0.2) is 0 Å². The second-order valence-electron chi connectivity index (χ2n) is 6.29. The lowest BCUT2D eigenvalue weighted by Crippen LogP contribution is -2.31. The molecule has 2 aliphatic heterocycles. The summed E-state index contributed by atoms with van der Waals surface area (Å²) < 4.78 is 33.8. The second-order valence-corrected chi connectivity index (χ2v) is 7.32. The van der Waals surface area contributed by atoms with Crippen LogP contribution in [0.1, 0.15) is 27.7 Å². The number of rotatable bonds is 6. The Labute approximate surface area is 131 Å². The first-order valence-electron chi connectivity index (χ1n) is 7.78. The fourth-order valence-electron chi connectivity index (χ4n) is 2.94. The Morgan fingerprint density at radius 2 is 1.64 bits per heavy atom. The highest BCUT2D eigenvalue weighted by molar-refractivity contribution is 7.33. The van der Waals surface area contributed by atoms with Gasteiger partial charge in [-0.2, -0.15) is 0 Å². The molecule has 0 amide bonds. The van der Waals surface area contributed by atoms with Crippen molar-refractivity contribution < 1.29 is 33.3 Å². The fraction of sp³-hybridized carbons (Fsp3) is 1.00. The van der Waals surface area contributed by atoms with Gasteiger partial charge < -0.3 is 28.7 Å². The SMILES string of the molecule is C[C@@H]1[C@H](O)[C@@H](CO[PH](=O)O[C@H]2[C@@H](C)[C@H](C)O[C@@H]2CO)O[C@H]1C. The molecule has 2 N–H and O–H groups in total. The van der Waals surface area contributed by atoms with E-state index in [1.165, 1.54) is 0 Å². The fourth-order valence-corrected chi connectivity index (χ4v) is 3.90. The van der Waals surface area contributed by atoms with Crippen molar-refractivity contribution in [2.24, 2.45) is 11.8 Å². The molecule has 7 nitrogen and oxygen atoms in total. The van der Waals surface area contributed by atoms with Crippen LogP contribution in [0.4, 0.5) is 0 Å². The molecule has 0 aromatic carbocycles. The zero-order chi connectivity index (χ0) is 16.4. The Bertz CT molecular complexity index is 393. The van der Waals surface area contributed by atoms with Crippen molar-refractivity contribution >= 4 is 8.25 Å². The molecule has 22 heavy (non-hydrogen) atoms. The molecule has 0 spiro atoms. The summed E-state index contributed by atoms with van der Waals surface area (Å²) in [6.45, 7) is 7.44. The Kier molecular flexibility index (Phi) is 6.42. The van der Waals surface area contributed by atoms with Gasteiger partial charge in [0, 0.05) is 11.8 Å². The molecule has 2 fully saturated rings. The molecule has 2 saturated heterocycles. The highest BCUT2D eigenvalue weighted by Crippen LogP contribution is 2.38. The van der Waals surface area contributed by atoms with E-state index >= 15 is 0 Å². The van der Waals surface area contributed by atoms with Gasteiger partial charge in [0.05, 0.1) is 31.5 Å². The van der Waals surface area contributed by atoms with Crippen LogP contribution in [0.25, 0.3) is 0 Å². The molecule has 0 bridgehead atoms. The van der Waals surface area contributed by atoms with E-state index < -0.39 is 32.7 Å². The van der Waals surface area contributed by atoms with Crippen molar-refractivity contribution in [3.63, 3.8) is 0 Å². The Balaban J connectivity index is 1.81. The number of hydrogen-bond acceptors (Lipinski definition) is 7. The largest absolute Gasteiger partial charge is 0.394 e. The van der Waals surface area contributed by atoms with Crippen LogP contribution in [-0.4, -0.2) is 60.1 Å². The lowest BCUT2D eigenvalue weighted by Gasteiger charge is -2.21. The van der Waals surface area contributed by atoms with E-state index in [9.17, 15) is 14.8 Å². The van der Waals surface area contributed by atoms with E-state index in [-0.39, 0.29) is 37.3 Å². The summed E-state index contributed by atoms with van der Waals surface area (Å²) >= 11 is 0. The van der Waals surface area contributed by atoms with Gasteiger partial charge in [-0.15, -0.1) is 0 Å². The van der Waals surface area contributed by atoms with Crippen LogP contribution in [0.3, 0.4) is 0 Å². The van der Waals surface area contributed by atoms with Crippen molar-refractivity contribution in [2.75, 3.05) is 13.2 Å². The third kappa shape index (κ3) is 3.90. The minimum atomic E-state index is -2.75. The molecule has 0 aliphatic carbocycles. The maximum atomic E-state index is 12.0. The van der Waals surface area contributed by atoms with Crippen LogP contribution < -0.4 is 0 Å². The van der Waals surface area contributed by atoms with Crippen molar-refractivity contribution in [2.45, 2.75) is 64.3 Å². The summed E-state index contributed by atoms with van der Waals surface area (Å²) in [6, 6.07) is 0. The first-order valence-corrected chi connectivity index (χ1v) is 9.00. The molecule has 0 aromatic rings. The van der Waals surface area contributed by atoms with E-state index in [0.29, 0.717) is 0 Å². The molecule has 9 atom stereocenters. The molecule has 8 heteroatoms. The summed E-state index contributed by atoms with van der Waals surface area (Å²) in [5, 5.41) is 19.3. The molecule has 1 unspecified atom stereocenters. The van der Waals surface area contributed by atoms with E-state index in [2.05, 4.69) is 0 Å². The van der Waals surface area contributed by atoms with Gasteiger partial charge in [-0.05, 0) is 13.8 Å². The molecule has 2 rings (SSSR count). The molecule has 0 saturated carbocycles. The van der Waals surface area contributed by atoms with E-state index in [1.54, 1.807) is 0 Å². The predicted octanol–water partition coefficient (Wildman–Crippen LogP) is 0.978. The number of aliphatic hydroxyl groups is 2. The van der Waals surface area contributed by atoms with Crippen molar-refractivity contribution in [1.29, 1.82) is 0 Å². The number of hydrogen-bond donors (Lipinski definition) is 2. The minimum absolute atomic E-state index is 0.0136. The zero-order valence-corrected chi connectivity index (χ0v) is 14.5. The average Bonchev–Trinajstić information content (AvgIpc) is 2.90. The van der Waals surface area contributed by atoms with Gasteiger partial charge in [-0.1, -0.05) is 13.8 Å². The predicted molar refractivity (Wildman–Crippen MR) is 79.9 cm³/mol. The van der Waals surface area contributed by atoms with E-state index in [4.69, 9.17) is 18.5 Å². The Morgan fingerprint density at radius 3 is 2.18 bits per heavy atom. The summed E-state index contributed by atoms with van der Waals surface area (Å²) in [5.41, 5.74) is 0. The van der Waals surface area contributed by atoms with Gasteiger partial charge in [-0.25, -0.2) is 0 Å². The van der Waals surface area contributed by atoms with Gasteiger partial charge >= 0.3 is 8.25 Å². The molecule has 130 valence electrons. The normalized spacial score (nSPS) is 47.0. The number of ether oxygens (including phenoxy) is 2. The highest BCUT2D eigenvalue weighted by atomic mass is 31.1. The third-order valence-corrected chi connectivity index (χ3v) is 5.71. The minimum Gasteiger partial charge on any atom is -0.394 e. The van der Waals surface area contributed by atoms with Gasteiger partial charge in [0.25, 0.3) is 0 Å². The zero-order valence-electron chi connectivity index (χ0n) is 13.5. The lowest BCUT2D eigenvalue weighted by molar-refractivity contribution is -0.0240. The Hall–Kier alpha value is -0.0100. The van der Waals surface area contributed by atoms with Gasteiger partial charge in [0.1, 0.15) is 18.3 Å². The maximum absolute atomic E-state index is 12.0. The van der Waals surface area contributed by atoms with Crippen LogP contribution in [0.15, 0.2) is 0 Å². The Morgan fingerprint density at radius 1 is 1.05 bits per heavy atom. The van der Waals surface area contributed by atoms with Crippen molar-refractivity contribution in [3.8, 4) is 0 Å². The standard InChI is InChI=1S/C14H27O7P/c1-7-9(3)20-12(13(7)16)6-18-22(17)21-14-8(2)10(4)19-11(14)5-15/h7-16,22H,5-6H2,1-4H3/t7-,8-,9-,10-,11+,12+,13-,14-/m0/s1. The third-order valence-electron chi connectivity index (χ3n) is 4.84. The number of aliphatic hydroxyl groups excluding tert-OH is 2. The first kappa shape index (κ1) is 18.3. The van der Waals surface area contributed by atoms with E-state index in [0.717, 1.165) is 0 Å². The highest BCUT2D eigenvalue weighted by Gasteiger charge is 2.42. The van der Waals surface area contributed by atoms with Crippen LogP contribution in [-0.2, 0) is 23.1 Å². The van der Waals surface area contributed by atoms with E-state index in [1.807, 2.05) is 27.7 Å². The molecule has 2 heterocycles. The molecular formula is C14H27O7P. The van der Waals surface area contributed by atoms with Crippen LogP contribution >= 0.6 is 8.25 Å². The van der Waals surface area contributed by atoms with Crippen LogP contribution in [0.2, 0.25) is 0 Å². The molecule has 0 radical (unpaired) electrons. The molecule has 0 aromatic heterocycles. The van der Waals surface area contributed by atoms with Crippen molar-refractivity contribution in [1.82, 2.24) is 0 Å². The smallest absolute Gasteiger partial charge is 0.319 e. The maximum Gasteiger partial charge on any atom is 0.319 e. The summed E-state index contributed by atoms with van der Waals surface area (Å²) in [4.78, 5) is 0. The van der Waals surface area contributed by atoms with Gasteiger partial charge in [-0.3, -0.25) is 4.57 Å². The van der Waals surface area contributed by atoms with Crippen LogP contribution in [0, 0.1) is 11.8 Å². The summed E-state index contributed by atoms with van der Waals surface area (Å²) in [7, 11) is -2.75. The quantitative estimate of drug-likeness (QED) is 0.697. The lowest BCUT2D eigenvalue weighted by atomic mass is 10.00. The summed E-state index contributed by atoms with van der Waals surface area (Å²) in [5.74, 6) is 0.0304. The second kappa shape index (κ2) is 7.71. The monoisotopic (exact) mass is 338 g/mol. The van der Waals surface area contributed by atoms with Gasteiger partial charge in [0.2, 0.25) is 0 Å². The topological polar surface area (TPSA) is 94.5 Å². The molecular weight excluding hydrogens is 311 g/mol. The summed E-state index contributed by atoms with van der Waals surface area (Å²) in [6.07, 6.45) is -2.21. The first-order chi connectivity index (χ1) is 10.3. The van der Waals surface area contributed by atoms with Crippen molar-refractivity contribution in [3.05, 3.63) is 0 Å².